The van der Waals surface area contributed by atoms with Gasteiger partial charge < -0.3 is 5.32 Å². The van der Waals surface area contributed by atoms with E-state index in [1.807, 2.05) is 44.2 Å². The minimum atomic E-state index is -0.263. The number of carbonyl (C=O) groups is 1. The van der Waals surface area contributed by atoms with E-state index in [1.165, 1.54) is 29.4 Å². The average Bonchev–Trinajstić information content (AvgIpc) is 2.89. The van der Waals surface area contributed by atoms with E-state index >= 15 is 0 Å². The largest absolute Gasteiger partial charge is 0.301 e. The van der Waals surface area contributed by atoms with Gasteiger partial charge in [-0.25, -0.2) is 15.0 Å². The van der Waals surface area contributed by atoms with Gasteiger partial charge >= 0.3 is 0 Å². The van der Waals surface area contributed by atoms with E-state index in [-0.39, 0.29) is 11.2 Å². The van der Waals surface area contributed by atoms with Gasteiger partial charge in [0.15, 0.2) is 5.13 Å². The summed E-state index contributed by atoms with van der Waals surface area (Å²) in [4.78, 5) is 24.9. The maximum atomic E-state index is 12.3. The van der Waals surface area contributed by atoms with Crippen LogP contribution in [0.2, 0.25) is 0 Å². The van der Waals surface area contributed by atoms with Crippen molar-refractivity contribution in [1.29, 1.82) is 0 Å². The molecule has 0 unspecified atom stereocenters. The predicted octanol–water partition coefficient (Wildman–Crippen LogP) is 3.51. The van der Waals surface area contributed by atoms with Crippen molar-refractivity contribution in [3.63, 3.8) is 0 Å². The zero-order valence-corrected chi connectivity index (χ0v) is 13.7. The van der Waals surface area contributed by atoms with Crippen LogP contribution in [-0.2, 0) is 4.79 Å². The Morgan fingerprint density at radius 1 is 1.32 bits per heavy atom. The molecule has 1 amide bonds. The van der Waals surface area contributed by atoms with Gasteiger partial charge in [0, 0.05) is 5.69 Å². The molecule has 7 heteroatoms. The number of nitrogens with zero attached hydrogens (tertiary/aromatic N) is 3. The van der Waals surface area contributed by atoms with Crippen LogP contribution in [0.25, 0.3) is 10.2 Å². The van der Waals surface area contributed by atoms with Crippen molar-refractivity contribution in [2.45, 2.75) is 24.1 Å². The molecule has 0 saturated heterocycles. The van der Waals surface area contributed by atoms with E-state index in [2.05, 4.69) is 20.3 Å². The number of anilines is 1. The molecule has 0 saturated carbocycles. The number of aromatic nitrogens is 3. The number of fused-ring (bicyclic) bond motifs is 1. The zero-order valence-electron chi connectivity index (χ0n) is 12.1. The van der Waals surface area contributed by atoms with Gasteiger partial charge in [0.25, 0.3) is 0 Å². The van der Waals surface area contributed by atoms with Crippen LogP contribution in [0.15, 0.2) is 41.7 Å². The lowest BCUT2D eigenvalue weighted by Gasteiger charge is -2.09. The van der Waals surface area contributed by atoms with E-state index in [9.17, 15) is 4.79 Å². The molecule has 112 valence electrons. The maximum Gasteiger partial charge on any atom is 0.239 e. The number of para-hydroxylation sites is 1. The fourth-order valence-corrected chi connectivity index (χ4v) is 3.61. The summed E-state index contributed by atoms with van der Waals surface area (Å²) >= 11 is 2.88. The minimum Gasteiger partial charge on any atom is -0.301 e. The van der Waals surface area contributed by atoms with Crippen LogP contribution in [0.1, 0.15) is 12.6 Å². The summed E-state index contributed by atoms with van der Waals surface area (Å²) in [6.07, 6.45) is 1.51. The Hall–Kier alpha value is -1.99. The van der Waals surface area contributed by atoms with E-state index in [0.29, 0.717) is 5.13 Å². The van der Waals surface area contributed by atoms with Crippen LogP contribution < -0.4 is 5.32 Å². The number of thiazole rings is 1. The lowest BCUT2D eigenvalue weighted by molar-refractivity contribution is -0.115. The highest BCUT2D eigenvalue weighted by Gasteiger charge is 2.17. The summed E-state index contributed by atoms with van der Waals surface area (Å²) in [6.45, 7) is 3.75. The molecule has 2 aromatic heterocycles. The maximum absolute atomic E-state index is 12.3. The number of nitrogens with one attached hydrogen (secondary N) is 1. The summed E-state index contributed by atoms with van der Waals surface area (Å²) in [5.74, 6) is -0.0830. The Morgan fingerprint density at radius 3 is 2.91 bits per heavy atom. The van der Waals surface area contributed by atoms with Gasteiger partial charge in [-0.1, -0.05) is 35.2 Å². The summed E-state index contributed by atoms with van der Waals surface area (Å²) in [7, 11) is 0. The van der Waals surface area contributed by atoms with Gasteiger partial charge in [-0.15, -0.1) is 0 Å². The third kappa shape index (κ3) is 3.42. The van der Waals surface area contributed by atoms with Gasteiger partial charge in [0.2, 0.25) is 5.91 Å². The number of aryl methyl sites for hydroxylation is 1. The van der Waals surface area contributed by atoms with E-state index in [0.717, 1.165) is 20.9 Å². The zero-order chi connectivity index (χ0) is 15.5. The van der Waals surface area contributed by atoms with Crippen molar-refractivity contribution in [3.05, 3.63) is 42.4 Å². The molecule has 0 aliphatic heterocycles. The predicted molar refractivity (Wildman–Crippen MR) is 90.3 cm³/mol. The molecular weight excluding hydrogens is 316 g/mol. The molecule has 3 aromatic rings. The average molecular weight is 330 g/mol. The third-order valence-electron chi connectivity index (χ3n) is 2.97. The monoisotopic (exact) mass is 330 g/mol. The van der Waals surface area contributed by atoms with Gasteiger partial charge in [-0.3, -0.25) is 4.79 Å². The summed E-state index contributed by atoms with van der Waals surface area (Å²) in [5, 5.41) is 4.02. The summed E-state index contributed by atoms with van der Waals surface area (Å²) < 4.78 is 1.06. The fourth-order valence-electron chi connectivity index (χ4n) is 1.86. The molecule has 0 fully saturated rings. The SMILES string of the molecule is Cc1cc(S[C@H](C)C(=O)Nc2nc3ccccc3s2)ncn1. The number of hydrogen-bond acceptors (Lipinski definition) is 6. The smallest absolute Gasteiger partial charge is 0.239 e. The first-order chi connectivity index (χ1) is 10.6. The topological polar surface area (TPSA) is 67.8 Å². The second-order valence-electron chi connectivity index (χ2n) is 4.73. The normalized spacial score (nSPS) is 12.3. The Kier molecular flexibility index (Phi) is 4.35. The molecule has 0 spiro atoms. The number of amides is 1. The Balaban J connectivity index is 1.68. The van der Waals surface area contributed by atoms with Crippen LogP contribution in [0, 0.1) is 6.92 Å². The molecule has 1 aromatic carbocycles. The Morgan fingerprint density at radius 2 is 2.14 bits per heavy atom. The quantitative estimate of drug-likeness (QED) is 0.585. The van der Waals surface area contributed by atoms with Crippen molar-refractivity contribution in [3.8, 4) is 0 Å². The molecule has 0 bridgehead atoms. The standard InChI is InChI=1S/C15H14N4OS2/c1-9-7-13(17-8-16-9)21-10(2)14(20)19-15-18-11-5-3-4-6-12(11)22-15/h3-8,10H,1-2H3,(H,18,19,20)/t10-/m1/s1. The van der Waals surface area contributed by atoms with Crippen LogP contribution in [0.5, 0.6) is 0 Å². The Labute approximate surface area is 136 Å². The van der Waals surface area contributed by atoms with Crippen molar-refractivity contribution in [2.75, 3.05) is 5.32 Å². The second-order valence-corrected chi connectivity index (χ2v) is 7.13. The van der Waals surface area contributed by atoms with Gasteiger partial charge in [-0.05, 0) is 32.0 Å². The van der Waals surface area contributed by atoms with E-state index in [1.54, 1.807) is 0 Å². The number of hydrogen-bond donors (Lipinski definition) is 1. The van der Waals surface area contributed by atoms with Crippen LogP contribution in [-0.4, -0.2) is 26.1 Å². The first-order valence-corrected chi connectivity index (χ1v) is 8.43. The van der Waals surface area contributed by atoms with Gasteiger partial charge in [-0.2, -0.15) is 0 Å². The Bertz CT molecular complexity index is 785. The van der Waals surface area contributed by atoms with E-state index < -0.39 is 0 Å². The lowest BCUT2D eigenvalue weighted by atomic mass is 10.3. The molecule has 3 rings (SSSR count). The molecule has 5 nitrogen and oxygen atoms in total. The van der Waals surface area contributed by atoms with Gasteiger partial charge in [0.1, 0.15) is 11.4 Å². The van der Waals surface area contributed by atoms with Crippen LogP contribution >= 0.6 is 23.1 Å². The highest BCUT2D eigenvalue weighted by Crippen LogP contribution is 2.27. The highest BCUT2D eigenvalue weighted by molar-refractivity contribution is 8.00. The highest BCUT2D eigenvalue weighted by atomic mass is 32.2. The molecule has 0 aliphatic rings. The first-order valence-electron chi connectivity index (χ1n) is 6.73. The van der Waals surface area contributed by atoms with Crippen LogP contribution in [0.3, 0.4) is 0 Å². The first kappa shape index (κ1) is 14.9. The molecule has 0 aliphatic carbocycles. The molecule has 0 radical (unpaired) electrons. The van der Waals surface area contributed by atoms with E-state index in [4.69, 9.17) is 0 Å². The summed E-state index contributed by atoms with van der Waals surface area (Å²) in [5.41, 5.74) is 1.78. The van der Waals surface area contributed by atoms with Crippen molar-refractivity contribution >= 4 is 44.4 Å². The molecule has 2 heterocycles. The van der Waals surface area contributed by atoms with Gasteiger partial charge in [0.05, 0.1) is 15.5 Å². The van der Waals surface area contributed by atoms with Crippen LogP contribution in [0.4, 0.5) is 5.13 Å². The van der Waals surface area contributed by atoms with Crippen molar-refractivity contribution < 1.29 is 4.79 Å². The molecular formula is C15H14N4OS2. The third-order valence-corrected chi connectivity index (χ3v) is 4.95. The molecule has 1 N–H and O–H groups in total. The number of benzene rings is 1. The molecule has 1 atom stereocenters. The van der Waals surface area contributed by atoms with Crippen molar-refractivity contribution in [1.82, 2.24) is 15.0 Å². The number of rotatable bonds is 4. The number of thioether (sulfide) groups is 1. The lowest BCUT2D eigenvalue weighted by Crippen LogP contribution is -2.22. The summed E-state index contributed by atoms with van der Waals surface area (Å²) in [6, 6.07) is 9.69. The molecule has 22 heavy (non-hydrogen) atoms. The number of carbonyl (C=O) groups excluding carboxylic acids is 1. The van der Waals surface area contributed by atoms with Crippen molar-refractivity contribution in [2.24, 2.45) is 0 Å². The minimum absolute atomic E-state index is 0.0830. The second kappa shape index (κ2) is 6.41. The fraction of sp³-hybridized carbons (Fsp3) is 0.200.